The first-order valence-corrected chi connectivity index (χ1v) is 15.4. The third-order valence-electron chi connectivity index (χ3n) is 7.25. The van der Waals surface area contributed by atoms with Crippen LogP contribution in [0, 0.1) is 0 Å². The highest BCUT2D eigenvalue weighted by Crippen LogP contribution is 2.12. The van der Waals surface area contributed by atoms with Crippen LogP contribution in [0.15, 0.2) is 36.8 Å². The summed E-state index contributed by atoms with van der Waals surface area (Å²) >= 11 is 0. The van der Waals surface area contributed by atoms with Crippen molar-refractivity contribution in [3.05, 3.63) is 48.0 Å². The second kappa shape index (κ2) is 20.0. The van der Waals surface area contributed by atoms with Gasteiger partial charge in [-0.2, -0.15) is 0 Å². The molecule has 0 aliphatic rings. The molecule has 0 unspecified atom stereocenters. The van der Waals surface area contributed by atoms with Crippen molar-refractivity contribution in [2.45, 2.75) is 81.6 Å². The lowest BCUT2D eigenvalue weighted by Gasteiger charge is -2.26. The number of hydrogen-bond donors (Lipinski definition) is 11. The van der Waals surface area contributed by atoms with E-state index in [-0.39, 0.29) is 31.4 Å². The van der Waals surface area contributed by atoms with Crippen molar-refractivity contribution >= 4 is 41.4 Å². The average Bonchev–Trinajstić information content (AvgIpc) is 3.55. The van der Waals surface area contributed by atoms with Crippen LogP contribution in [-0.4, -0.2) is 98.3 Å². The van der Waals surface area contributed by atoms with E-state index < -0.39 is 84.5 Å². The van der Waals surface area contributed by atoms with E-state index in [0.29, 0.717) is 30.6 Å². The number of carboxylic acid groups (broad SMARTS) is 1. The molecule has 0 spiro atoms. The summed E-state index contributed by atoms with van der Waals surface area (Å²) in [5.41, 5.74) is 23.2. The van der Waals surface area contributed by atoms with Crippen LogP contribution < -0.4 is 44.2 Å². The number of nitrogens with one attached hydrogen (secondary N) is 5. The Labute approximate surface area is 281 Å². The molecule has 0 radical (unpaired) electrons. The maximum atomic E-state index is 13.4. The molecular formula is C30H44N10O9. The minimum absolute atomic E-state index is 0.0513. The van der Waals surface area contributed by atoms with Crippen LogP contribution in [0.3, 0.4) is 0 Å². The Bertz CT molecular complexity index is 1440. The number of carboxylic acids is 1. The molecule has 15 N–H and O–H groups in total. The van der Waals surface area contributed by atoms with Crippen molar-refractivity contribution in [3.63, 3.8) is 0 Å². The number of carbonyl (C=O) groups excluding carboxylic acids is 6. The van der Waals surface area contributed by atoms with Gasteiger partial charge in [0, 0.05) is 31.2 Å². The molecule has 49 heavy (non-hydrogen) atoms. The Morgan fingerprint density at radius 1 is 0.755 bits per heavy atom. The Morgan fingerprint density at radius 2 is 1.33 bits per heavy atom. The first-order valence-electron chi connectivity index (χ1n) is 15.4. The Hall–Kier alpha value is -5.56. The maximum Gasteiger partial charge on any atom is 0.326 e. The number of rotatable bonds is 22. The van der Waals surface area contributed by atoms with Gasteiger partial charge in [-0.3, -0.25) is 28.8 Å². The molecule has 1 aromatic carbocycles. The van der Waals surface area contributed by atoms with Gasteiger partial charge in [-0.1, -0.05) is 12.1 Å². The number of H-pyrrole nitrogens is 1. The normalized spacial score (nSPS) is 13.9. The van der Waals surface area contributed by atoms with Gasteiger partial charge < -0.3 is 59.4 Å². The van der Waals surface area contributed by atoms with Gasteiger partial charge in [0.2, 0.25) is 35.4 Å². The van der Waals surface area contributed by atoms with E-state index in [1.54, 1.807) is 0 Å². The number of benzene rings is 1. The molecule has 19 heteroatoms. The van der Waals surface area contributed by atoms with Crippen LogP contribution in [0.2, 0.25) is 0 Å². The van der Waals surface area contributed by atoms with Crippen LogP contribution in [0.25, 0.3) is 0 Å². The first kappa shape index (κ1) is 39.6. The minimum atomic E-state index is -1.64. The van der Waals surface area contributed by atoms with Crippen molar-refractivity contribution < 1.29 is 43.8 Å². The van der Waals surface area contributed by atoms with Gasteiger partial charge in [-0.05, 0) is 49.9 Å². The zero-order valence-electron chi connectivity index (χ0n) is 26.7. The lowest BCUT2D eigenvalue weighted by atomic mass is 10.0. The fourth-order valence-corrected chi connectivity index (χ4v) is 4.62. The Morgan fingerprint density at radius 3 is 1.88 bits per heavy atom. The second-order valence-corrected chi connectivity index (χ2v) is 11.3. The highest BCUT2D eigenvalue weighted by Gasteiger charge is 2.33. The van der Waals surface area contributed by atoms with Crippen LogP contribution in [0.5, 0.6) is 5.75 Å². The van der Waals surface area contributed by atoms with Crippen molar-refractivity contribution in [1.29, 1.82) is 0 Å². The first-order chi connectivity index (χ1) is 23.2. The molecule has 0 bridgehead atoms. The molecule has 2 aromatic rings. The number of aromatic nitrogens is 2. The van der Waals surface area contributed by atoms with Crippen molar-refractivity contribution in [3.8, 4) is 5.75 Å². The molecule has 0 aliphatic carbocycles. The summed E-state index contributed by atoms with van der Waals surface area (Å²) in [4.78, 5) is 95.0. The summed E-state index contributed by atoms with van der Waals surface area (Å²) in [7, 11) is 0. The van der Waals surface area contributed by atoms with Gasteiger partial charge >= 0.3 is 5.97 Å². The molecule has 1 aromatic heterocycles. The van der Waals surface area contributed by atoms with Gasteiger partial charge in [-0.15, -0.1) is 0 Å². The molecule has 5 atom stereocenters. The fourth-order valence-electron chi connectivity index (χ4n) is 4.62. The lowest BCUT2D eigenvalue weighted by molar-refractivity contribution is -0.142. The molecule has 0 saturated heterocycles. The maximum absolute atomic E-state index is 13.4. The van der Waals surface area contributed by atoms with Crippen LogP contribution in [0.4, 0.5) is 0 Å². The van der Waals surface area contributed by atoms with Crippen LogP contribution in [-0.2, 0) is 46.4 Å². The number of unbranched alkanes of at least 4 members (excludes halogenated alkanes) is 1. The number of carbonyl (C=O) groups is 7. The van der Waals surface area contributed by atoms with Gasteiger partial charge in [-0.25, -0.2) is 9.78 Å². The number of amides is 6. The predicted octanol–water partition coefficient (Wildman–Crippen LogP) is -3.48. The summed E-state index contributed by atoms with van der Waals surface area (Å²) in [6, 6.07) is -1.35. The topological polar surface area (TPSA) is 341 Å². The molecule has 0 aliphatic heterocycles. The average molecular weight is 689 g/mol. The number of phenolic OH excluding ortho intramolecular Hbond substituents is 1. The summed E-state index contributed by atoms with van der Waals surface area (Å²) in [6.45, 7) is 0.306. The van der Waals surface area contributed by atoms with E-state index in [1.807, 2.05) is 0 Å². The monoisotopic (exact) mass is 688 g/mol. The van der Waals surface area contributed by atoms with Crippen molar-refractivity contribution in [2.24, 2.45) is 22.9 Å². The molecule has 268 valence electrons. The van der Waals surface area contributed by atoms with E-state index in [4.69, 9.17) is 22.9 Å². The minimum Gasteiger partial charge on any atom is -0.508 e. The second-order valence-electron chi connectivity index (χ2n) is 11.3. The summed E-state index contributed by atoms with van der Waals surface area (Å²) in [5, 5.41) is 28.8. The zero-order valence-corrected chi connectivity index (χ0v) is 26.7. The van der Waals surface area contributed by atoms with Gasteiger partial charge in [0.1, 0.15) is 29.9 Å². The molecule has 2 rings (SSSR count). The molecule has 1 heterocycles. The predicted molar refractivity (Wildman–Crippen MR) is 173 cm³/mol. The number of primary amides is 2. The summed E-state index contributed by atoms with van der Waals surface area (Å²) < 4.78 is 0. The molecule has 19 nitrogen and oxygen atoms in total. The van der Waals surface area contributed by atoms with Crippen LogP contribution >= 0.6 is 0 Å². The van der Waals surface area contributed by atoms with E-state index in [9.17, 15) is 43.8 Å². The third kappa shape index (κ3) is 14.4. The largest absolute Gasteiger partial charge is 0.508 e. The van der Waals surface area contributed by atoms with Crippen LogP contribution in [0.1, 0.15) is 49.8 Å². The quantitative estimate of drug-likeness (QED) is 0.0537. The Balaban J connectivity index is 2.22. The summed E-state index contributed by atoms with van der Waals surface area (Å²) in [5.74, 6) is -6.89. The van der Waals surface area contributed by atoms with E-state index in [1.165, 1.54) is 36.8 Å². The standard InChI is InChI=1S/C30H44N10O9/c31-10-2-1-3-20(37-26(44)19(32)12-17-14-35-15-36-17)27(45)39-22(13-25(34)43)29(47)38-21(8-9-24(33)42)28(46)40-23(30(48)49)11-16-4-6-18(41)7-5-16/h4-7,14-15,19-23,41H,1-3,8-13,31-32H2,(H2,33,42)(H2,34,43)(H,35,36)(H,37,44)(H,38,47)(H,39,45)(H,40,46)(H,48,49)/t19-,20-,21-,22-,23-/m0/s1. The smallest absolute Gasteiger partial charge is 0.326 e. The molecular weight excluding hydrogens is 644 g/mol. The van der Waals surface area contributed by atoms with E-state index >= 15 is 0 Å². The van der Waals surface area contributed by atoms with Gasteiger partial charge in [0.05, 0.1) is 18.8 Å². The Kier molecular flexibility index (Phi) is 16.1. The number of aliphatic carboxylic acids is 1. The van der Waals surface area contributed by atoms with Crippen molar-refractivity contribution in [1.82, 2.24) is 31.2 Å². The molecule has 0 fully saturated rings. The van der Waals surface area contributed by atoms with Crippen molar-refractivity contribution in [2.75, 3.05) is 6.54 Å². The number of imidazole rings is 1. The number of phenols is 1. The highest BCUT2D eigenvalue weighted by atomic mass is 16.4. The zero-order chi connectivity index (χ0) is 36.5. The third-order valence-corrected chi connectivity index (χ3v) is 7.25. The van der Waals surface area contributed by atoms with Gasteiger partial charge in [0.25, 0.3) is 0 Å². The number of nitrogens with zero attached hydrogens (tertiary/aromatic N) is 1. The molecule has 6 amide bonds. The van der Waals surface area contributed by atoms with Gasteiger partial charge in [0.15, 0.2) is 0 Å². The lowest BCUT2D eigenvalue weighted by Crippen LogP contribution is -2.59. The SMILES string of the molecule is NCCCC[C@H](NC(=O)[C@@H](N)Cc1cnc[nH]1)C(=O)N[C@@H](CC(N)=O)C(=O)N[C@@H](CCC(N)=O)C(=O)N[C@@H](Cc1ccc(O)cc1)C(=O)O. The number of nitrogens with two attached hydrogens (primary N) is 4. The van der Waals surface area contributed by atoms with E-state index in [2.05, 4.69) is 31.2 Å². The number of aromatic hydroxyl groups is 1. The molecule has 0 saturated carbocycles. The summed E-state index contributed by atoms with van der Waals surface area (Å²) in [6.07, 6.45) is 2.32. The fraction of sp³-hybridized carbons (Fsp3) is 0.467. The van der Waals surface area contributed by atoms with E-state index in [0.717, 1.165) is 0 Å². The highest BCUT2D eigenvalue weighted by molar-refractivity contribution is 5.97. The number of hydrogen-bond acceptors (Lipinski definition) is 11. The number of aromatic amines is 1.